The Morgan fingerprint density at radius 1 is 0.950 bits per heavy atom. The molecule has 20 heavy (non-hydrogen) atoms. The molecule has 0 saturated heterocycles. The summed E-state index contributed by atoms with van der Waals surface area (Å²) in [6.07, 6.45) is -0.468. The van der Waals surface area contributed by atoms with Gasteiger partial charge in [-0.25, -0.2) is 0 Å². The zero-order valence-electron chi connectivity index (χ0n) is 12.6. The molecule has 2 rings (SSSR count). The SMILES string of the molecule is Cc1ccc(C)c(C(C)Nc2ccccc2C(C)O)c1. The Kier molecular flexibility index (Phi) is 4.46. The van der Waals surface area contributed by atoms with E-state index in [-0.39, 0.29) is 6.04 Å². The molecule has 2 atom stereocenters. The minimum Gasteiger partial charge on any atom is -0.389 e. The highest BCUT2D eigenvalue weighted by molar-refractivity contribution is 5.54. The topological polar surface area (TPSA) is 32.3 Å². The number of para-hydroxylation sites is 1. The van der Waals surface area contributed by atoms with Crippen molar-refractivity contribution in [3.05, 3.63) is 64.7 Å². The van der Waals surface area contributed by atoms with Crippen molar-refractivity contribution in [1.82, 2.24) is 0 Å². The van der Waals surface area contributed by atoms with Gasteiger partial charge in [0.15, 0.2) is 0 Å². The van der Waals surface area contributed by atoms with E-state index in [1.807, 2.05) is 24.3 Å². The molecule has 0 radical (unpaired) electrons. The van der Waals surface area contributed by atoms with E-state index in [0.29, 0.717) is 0 Å². The normalized spacial score (nSPS) is 13.8. The maximum atomic E-state index is 9.85. The number of aliphatic hydroxyl groups is 1. The number of aryl methyl sites for hydroxylation is 2. The molecule has 2 unspecified atom stereocenters. The first-order valence-corrected chi connectivity index (χ1v) is 7.09. The molecule has 0 heterocycles. The van der Waals surface area contributed by atoms with E-state index in [0.717, 1.165) is 11.3 Å². The Balaban J connectivity index is 2.28. The van der Waals surface area contributed by atoms with Crippen LogP contribution in [-0.4, -0.2) is 5.11 Å². The van der Waals surface area contributed by atoms with Crippen molar-refractivity contribution in [2.24, 2.45) is 0 Å². The van der Waals surface area contributed by atoms with E-state index in [2.05, 4.69) is 44.3 Å². The minimum absolute atomic E-state index is 0.204. The van der Waals surface area contributed by atoms with Gasteiger partial charge in [-0.05, 0) is 44.9 Å². The predicted molar refractivity (Wildman–Crippen MR) is 85.0 cm³/mol. The minimum atomic E-state index is -0.468. The smallest absolute Gasteiger partial charge is 0.0781 e. The van der Waals surface area contributed by atoms with Gasteiger partial charge in [-0.3, -0.25) is 0 Å². The van der Waals surface area contributed by atoms with Crippen molar-refractivity contribution in [2.45, 2.75) is 39.8 Å². The highest BCUT2D eigenvalue weighted by Crippen LogP contribution is 2.28. The molecule has 0 aliphatic heterocycles. The summed E-state index contributed by atoms with van der Waals surface area (Å²) in [6, 6.07) is 14.6. The monoisotopic (exact) mass is 269 g/mol. The van der Waals surface area contributed by atoms with Gasteiger partial charge in [0.2, 0.25) is 0 Å². The molecular weight excluding hydrogens is 246 g/mol. The zero-order valence-corrected chi connectivity index (χ0v) is 12.6. The Bertz CT molecular complexity index is 590. The van der Waals surface area contributed by atoms with Gasteiger partial charge < -0.3 is 10.4 Å². The number of hydrogen-bond donors (Lipinski definition) is 2. The summed E-state index contributed by atoms with van der Waals surface area (Å²) in [7, 11) is 0. The second-order valence-electron chi connectivity index (χ2n) is 5.49. The third-order valence-electron chi connectivity index (χ3n) is 3.68. The van der Waals surface area contributed by atoms with E-state index in [4.69, 9.17) is 0 Å². The van der Waals surface area contributed by atoms with Crippen molar-refractivity contribution in [1.29, 1.82) is 0 Å². The van der Waals surface area contributed by atoms with Gasteiger partial charge in [-0.1, -0.05) is 42.0 Å². The van der Waals surface area contributed by atoms with Gasteiger partial charge in [0.1, 0.15) is 0 Å². The predicted octanol–water partition coefficient (Wildman–Crippen LogP) is 4.53. The van der Waals surface area contributed by atoms with E-state index in [9.17, 15) is 5.11 Å². The van der Waals surface area contributed by atoms with Crippen LogP contribution in [0.25, 0.3) is 0 Å². The van der Waals surface area contributed by atoms with Crippen LogP contribution >= 0.6 is 0 Å². The third-order valence-corrected chi connectivity index (χ3v) is 3.68. The number of anilines is 1. The molecule has 0 amide bonds. The fourth-order valence-corrected chi connectivity index (χ4v) is 2.53. The van der Waals surface area contributed by atoms with Crippen LogP contribution in [0.1, 0.15) is 48.2 Å². The maximum Gasteiger partial charge on any atom is 0.0781 e. The largest absolute Gasteiger partial charge is 0.389 e. The van der Waals surface area contributed by atoms with Gasteiger partial charge in [-0.15, -0.1) is 0 Å². The first kappa shape index (κ1) is 14.6. The lowest BCUT2D eigenvalue weighted by atomic mass is 9.99. The summed E-state index contributed by atoms with van der Waals surface area (Å²) in [5.41, 5.74) is 5.78. The summed E-state index contributed by atoms with van der Waals surface area (Å²) in [4.78, 5) is 0. The molecule has 2 nitrogen and oxygen atoms in total. The van der Waals surface area contributed by atoms with Crippen LogP contribution in [0, 0.1) is 13.8 Å². The number of nitrogens with one attached hydrogen (secondary N) is 1. The van der Waals surface area contributed by atoms with Crippen molar-refractivity contribution < 1.29 is 5.11 Å². The second-order valence-corrected chi connectivity index (χ2v) is 5.49. The lowest BCUT2D eigenvalue weighted by Gasteiger charge is -2.21. The van der Waals surface area contributed by atoms with Crippen LogP contribution in [0.2, 0.25) is 0 Å². The van der Waals surface area contributed by atoms with Gasteiger partial charge in [0.05, 0.1) is 6.10 Å². The molecule has 0 aliphatic rings. The zero-order chi connectivity index (χ0) is 14.7. The molecule has 0 aliphatic carbocycles. The Hall–Kier alpha value is -1.80. The molecule has 0 spiro atoms. The number of aliphatic hydroxyl groups excluding tert-OH is 1. The molecule has 2 N–H and O–H groups in total. The van der Waals surface area contributed by atoms with Crippen LogP contribution < -0.4 is 5.32 Å². The summed E-state index contributed by atoms with van der Waals surface area (Å²) < 4.78 is 0. The Morgan fingerprint density at radius 2 is 1.65 bits per heavy atom. The average molecular weight is 269 g/mol. The fourth-order valence-electron chi connectivity index (χ4n) is 2.53. The molecule has 2 aromatic rings. The standard InChI is InChI=1S/C18H23NO/c1-12-9-10-13(2)17(11-12)14(3)19-18-8-6-5-7-16(18)15(4)20/h5-11,14-15,19-20H,1-4H3. The molecule has 106 valence electrons. The van der Waals surface area contributed by atoms with E-state index in [1.165, 1.54) is 16.7 Å². The first-order chi connectivity index (χ1) is 9.49. The molecule has 0 bridgehead atoms. The summed E-state index contributed by atoms with van der Waals surface area (Å²) >= 11 is 0. The third kappa shape index (κ3) is 3.20. The molecular formula is C18H23NO. The number of hydrogen-bond acceptors (Lipinski definition) is 2. The van der Waals surface area contributed by atoms with E-state index < -0.39 is 6.10 Å². The maximum absolute atomic E-state index is 9.85. The molecule has 2 heteroatoms. The lowest BCUT2D eigenvalue weighted by Crippen LogP contribution is -2.10. The quantitative estimate of drug-likeness (QED) is 0.854. The van der Waals surface area contributed by atoms with E-state index >= 15 is 0 Å². The Labute approximate surface area is 121 Å². The molecule has 0 aromatic heterocycles. The van der Waals surface area contributed by atoms with Gasteiger partial charge in [0, 0.05) is 17.3 Å². The van der Waals surface area contributed by atoms with Gasteiger partial charge >= 0.3 is 0 Å². The summed E-state index contributed by atoms with van der Waals surface area (Å²) in [5, 5.41) is 13.4. The number of benzene rings is 2. The summed E-state index contributed by atoms with van der Waals surface area (Å²) in [6.45, 7) is 8.19. The van der Waals surface area contributed by atoms with Crippen molar-refractivity contribution in [2.75, 3.05) is 5.32 Å². The molecule has 0 saturated carbocycles. The van der Waals surface area contributed by atoms with E-state index in [1.54, 1.807) is 6.92 Å². The lowest BCUT2D eigenvalue weighted by molar-refractivity contribution is 0.200. The number of rotatable bonds is 4. The van der Waals surface area contributed by atoms with Crippen molar-refractivity contribution in [3.63, 3.8) is 0 Å². The van der Waals surface area contributed by atoms with Gasteiger partial charge in [-0.2, -0.15) is 0 Å². The highest BCUT2D eigenvalue weighted by Gasteiger charge is 2.12. The average Bonchev–Trinajstić information content (AvgIpc) is 2.41. The molecule has 0 fully saturated rings. The van der Waals surface area contributed by atoms with Crippen molar-refractivity contribution >= 4 is 5.69 Å². The second kappa shape index (κ2) is 6.10. The first-order valence-electron chi connectivity index (χ1n) is 7.09. The van der Waals surface area contributed by atoms with Crippen LogP contribution in [0.15, 0.2) is 42.5 Å². The molecule has 2 aromatic carbocycles. The highest BCUT2D eigenvalue weighted by atomic mass is 16.3. The van der Waals surface area contributed by atoms with Crippen LogP contribution in [-0.2, 0) is 0 Å². The van der Waals surface area contributed by atoms with Crippen LogP contribution in [0.5, 0.6) is 0 Å². The summed E-state index contributed by atoms with van der Waals surface area (Å²) in [5.74, 6) is 0. The van der Waals surface area contributed by atoms with Crippen LogP contribution in [0.3, 0.4) is 0 Å². The fraction of sp³-hybridized carbons (Fsp3) is 0.333. The van der Waals surface area contributed by atoms with Gasteiger partial charge in [0.25, 0.3) is 0 Å². The van der Waals surface area contributed by atoms with Crippen molar-refractivity contribution in [3.8, 4) is 0 Å². The van der Waals surface area contributed by atoms with Crippen LogP contribution in [0.4, 0.5) is 5.69 Å². The Morgan fingerprint density at radius 3 is 2.35 bits per heavy atom.